The highest BCUT2D eigenvalue weighted by Crippen LogP contribution is 2.24. The molecule has 4 nitrogen and oxygen atoms in total. The number of aromatic amines is 1. The van der Waals surface area contributed by atoms with E-state index in [1.807, 2.05) is 0 Å². The summed E-state index contributed by atoms with van der Waals surface area (Å²) >= 11 is 2.92. The molecule has 1 amide bonds. The van der Waals surface area contributed by atoms with Gasteiger partial charge in [-0.25, -0.2) is 8.78 Å². The molecule has 2 rings (SSSR count). The molecule has 94 valence electrons. The van der Waals surface area contributed by atoms with Crippen molar-refractivity contribution in [1.82, 2.24) is 10.2 Å². The maximum Gasteiger partial charge on any atom is 0.259 e. The monoisotopic (exact) mass is 315 g/mol. The third kappa shape index (κ3) is 2.40. The number of carbonyl (C=O) groups is 1. The zero-order valence-corrected chi connectivity index (χ0v) is 10.8. The van der Waals surface area contributed by atoms with E-state index < -0.39 is 17.5 Å². The molecule has 0 bridgehead atoms. The number of halogens is 3. The Kier molecular flexibility index (Phi) is 3.42. The van der Waals surface area contributed by atoms with E-state index in [0.29, 0.717) is 17.3 Å². The summed E-state index contributed by atoms with van der Waals surface area (Å²) in [6, 6.07) is 1.86. The molecule has 0 aliphatic carbocycles. The van der Waals surface area contributed by atoms with Gasteiger partial charge < -0.3 is 5.32 Å². The average molecular weight is 316 g/mol. The average Bonchev–Trinajstić information content (AvgIpc) is 2.72. The molecule has 0 aliphatic heterocycles. The number of nitrogens with zero attached hydrogens (tertiary/aromatic N) is 1. The van der Waals surface area contributed by atoms with Gasteiger partial charge in [0.2, 0.25) is 0 Å². The zero-order valence-electron chi connectivity index (χ0n) is 9.22. The van der Waals surface area contributed by atoms with Gasteiger partial charge in [0.1, 0.15) is 11.6 Å². The van der Waals surface area contributed by atoms with Crippen molar-refractivity contribution >= 4 is 27.5 Å². The SMILES string of the molecule is Cc1[nH]ncc1C(=O)Nc1cc(Br)c(F)cc1F. The lowest BCUT2D eigenvalue weighted by atomic mass is 10.2. The molecule has 1 aromatic heterocycles. The van der Waals surface area contributed by atoms with Crippen LogP contribution < -0.4 is 5.32 Å². The Hall–Kier alpha value is -1.76. The van der Waals surface area contributed by atoms with Crippen molar-refractivity contribution < 1.29 is 13.6 Å². The molecule has 2 aromatic rings. The van der Waals surface area contributed by atoms with Gasteiger partial charge in [-0.1, -0.05) is 0 Å². The smallest absolute Gasteiger partial charge is 0.259 e. The van der Waals surface area contributed by atoms with Crippen LogP contribution in [0.25, 0.3) is 0 Å². The Morgan fingerprint density at radius 2 is 2.11 bits per heavy atom. The van der Waals surface area contributed by atoms with Gasteiger partial charge in [-0.05, 0) is 28.9 Å². The van der Waals surface area contributed by atoms with Crippen LogP contribution in [0.2, 0.25) is 0 Å². The zero-order chi connectivity index (χ0) is 13.3. The lowest BCUT2D eigenvalue weighted by Gasteiger charge is -2.06. The predicted octanol–water partition coefficient (Wildman–Crippen LogP) is 3.01. The Balaban J connectivity index is 2.28. The Labute approximate surface area is 110 Å². The maximum absolute atomic E-state index is 13.4. The van der Waals surface area contributed by atoms with E-state index in [2.05, 4.69) is 31.4 Å². The summed E-state index contributed by atoms with van der Waals surface area (Å²) in [5.41, 5.74) is 0.762. The summed E-state index contributed by atoms with van der Waals surface area (Å²) < 4.78 is 26.5. The van der Waals surface area contributed by atoms with E-state index in [1.54, 1.807) is 6.92 Å². The number of nitrogens with one attached hydrogen (secondary N) is 2. The number of hydrogen-bond donors (Lipinski definition) is 2. The summed E-state index contributed by atoms with van der Waals surface area (Å²) in [5.74, 6) is -2.09. The molecule has 0 radical (unpaired) electrons. The van der Waals surface area contributed by atoms with Gasteiger partial charge in [-0.3, -0.25) is 9.89 Å². The highest BCUT2D eigenvalue weighted by atomic mass is 79.9. The number of rotatable bonds is 2. The van der Waals surface area contributed by atoms with Crippen LogP contribution in [-0.2, 0) is 0 Å². The van der Waals surface area contributed by atoms with E-state index >= 15 is 0 Å². The van der Waals surface area contributed by atoms with Crippen molar-refractivity contribution in [2.75, 3.05) is 5.32 Å². The first kappa shape index (κ1) is 12.7. The van der Waals surface area contributed by atoms with Crippen LogP contribution >= 0.6 is 15.9 Å². The van der Waals surface area contributed by atoms with Crippen LogP contribution in [0.15, 0.2) is 22.8 Å². The molecule has 0 fully saturated rings. The quantitative estimate of drug-likeness (QED) is 0.837. The number of H-pyrrole nitrogens is 1. The lowest BCUT2D eigenvalue weighted by molar-refractivity contribution is 0.102. The van der Waals surface area contributed by atoms with E-state index in [-0.39, 0.29) is 10.2 Å². The molecule has 18 heavy (non-hydrogen) atoms. The summed E-state index contributed by atoms with van der Waals surface area (Å²) in [6.07, 6.45) is 1.33. The van der Waals surface area contributed by atoms with Gasteiger partial charge >= 0.3 is 0 Å². The standard InChI is InChI=1S/C11H8BrF2N3O/c1-5-6(4-15-17-5)11(18)16-10-2-7(12)8(13)3-9(10)14/h2-4H,1H3,(H,15,17)(H,16,18). The molecule has 2 N–H and O–H groups in total. The number of aromatic nitrogens is 2. The number of anilines is 1. The largest absolute Gasteiger partial charge is 0.319 e. The first-order valence-corrected chi connectivity index (χ1v) is 5.74. The third-order valence-corrected chi connectivity index (χ3v) is 2.94. The second-order valence-corrected chi connectivity index (χ2v) is 4.46. The first-order chi connectivity index (χ1) is 8.49. The van der Waals surface area contributed by atoms with Crippen molar-refractivity contribution in [3.63, 3.8) is 0 Å². The van der Waals surface area contributed by atoms with E-state index in [0.717, 1.165) is 6.07 Å². The van der Waals surface area contributed by atoms with Crippen LogP contribution in [0.4, 0.5) is 14.5 Å². The van der Waals surface area contributed by atoms with Crippen molar-refractivity contribution in [2.24, 2.45) is 0 Å². The fourth-order valence-electron chi connectivity index (χ4n) is 1.39. The number of carbonyl (C=O) groups excluding carboxylic acids is 1. The highest BCUT2D eigenvalue weighted by Gasteiger charge is 2.14. The molecule has 0 spiro atoms. The maximum atomic E-state index is 13.4. The van der Waals surface area contributed by atoms with Crippen LogP contribution in [0, 0.1) is 18.6 Å². The fraction of sp³-hybridized carbons (Fsp3) is 0.0909. The molecule has 1 heterocycles. The van der Waals surface area contributed by atoms with Crippen LogP contribution in [0.5, 0.6) is 0 Å². The molecular formula is C11H8BrF2N3O. The van der Waals surface area contributed by atoms with Crippen LogP contribution in [-0.4, -0.2) is 16.1 Å². The summed E-state index contributed by atoms with van der Waals surface area (Å²) in [4.78, 5) is 11.8. The van der Waals surface area contributed by atoms with Gasteiger partial charge in [0.05, 0.1) is 21.9 Å². The van der Waals surface area contributed by atoms with E-state index in [4.69, 9.17) is 0 Å². The summed E-state index contributed by atoms with van der Waals surface area (Å²) in [5, 5.41) is 8.64. The molecule has 0 unspecified atom stereocenters. The number of benzene rings is 1. The van der Waals surface area contributed by atoms with Gasteiger partial charge in [0, 0.05) is 11.8 Å². The number of aryl methyl sites for hydroxylation is 1. The molecule has 0 aliphatic rings. The summed E-state index contributed by atoms with van der Waals surface area (Å²) in [7, 11) is 0. The first-order valence-electron chi connectivity index (χ1n) is 4.95. The van der Waals surface area contributed by atoms with E-state index in [1.165, 1.54) is 6.20 Å². The Morgan fingerprint density at radius 1 is 1.39 bits per heavy atom. The van der Waals surface area contributed by atoms with Crippen LogP contribution in [0.3, 0.4) is 0 Å². The number of hydrogen-bond acceptors (Lipinski definition) is 2. The van der Waals surface area contributed by atoms with Crippen LogP contribution in [0.1, 0.15) is 16.1 Å². The molecule has 0 atom stereocenters. The van der Waals surface area contributed by atoms with Crippen molar-refractivity contribution in [2.45, 2.75) is 6.92 Å². The van der Waals surface area contributed by atoms with Crippen molar-refractivity contribution in [3.05, 3.63) is 45.7 Å². The molecule has 0 saturated carbocycles. The van der Waals surface area contributed by atoms with Gasteiger partial charge in [-0.15, -0.1) is 0 Å². The van der Waals surface area contributed by atoms with Gasteiger partial charge in [-0.2, -0.15) is 5.10 Å². The van der Waals surface area contributed by atoms with E-state index in [9.17, 15) is 13.6 Å². The number of amides is 1. The minimum Gasteiger partial charge on any atom is -0.319 e. The minimum absolute atomic E-state index is 0.0723. The van der Waals surface area contributed by atoms with Crippen molar-refractivity contribution in [3.8, 4) is 0 Å². The molecule has 0 saturated heterocycles. The molecular weight excluding hydrogens is 308 g/mol. The summed E-state index contributed by atoms with van der Waals surface area (Å²) in [6.45, 7) is 1.67. The normalized spacial score (nSPS) is 10.4. The highest BCUT2D eigenvalue weighted by molar-refractivity contribution is 9.10. The second-order valence-electron chi connectivity index (χ2n) is 3.61. The minimum atomic E-state index is -0.842. The fourth-order valence-corrected chi connectivity index (χ4v) is 1.73. The van der Waals surface area contributed by atoms with Crippen molar-refractivity contribution in [1.29, 1.82) is 0 Å². The predicted molar refractivity (Wildman–Crippen MR) is 65.3 cm³/mol. The molecule has 7 heteroatoms. The van der Waals surface area contributed by atoms with Gasteiger partial charge in [0.15, 0.2) is 0 Å². The lowest BCUT2D eigenvalue weighted by Crippen LogP contribution is -2.13. The third-order valence-electron chi connectivity index (χ3n) is 2.33. The Bertz CT molecular complexity index is 612. The topological polar surface area (TPSA) is 57.8 Å². The Morgan fingerprint density at radius 3 is 2.72 bits per heavy atom. The second kappa shape index (κ2) is 4.85. The molecule has 1 aromatic carbocycles. The van der Waals surface area contributed by atoms with Gasteiger partial charge in [0.25, 0.3) is 5.91 Å².